The van der Waals surface area contributed by atoms with Crippen LogP contribution in [0.25, 0.3) is 0 Å². The van der Waals surface area contributed by atoms with Crippen molar-refractivity contribution >= 4 is 18.5 Å². The minimum absolute atomic E-state index is 0. The van der Waals surface area contributed by atoms with Crippen LogP contribution in [-0.2, 0) is 11.3 Å². The lowest BCUT2D eigenvalue weighted by Crippen LogP contribution is -2.60. The number of likely N-dealkylation sites (tertiary alicyclic amines) is 1. The molecule has 1 aromatic carbocycles. The summed E-state index contributed by atoms with van der Waals surface area (Å²) in [6, 6.07) is 6.68. The lowest BCUT2D eigenvalue weighted by Gasteiger charge is -2.40. The second kappa shape index (κ2) is 7.09. The van der Waals surface area contributed by atoms with Crippen molar-refractivity contribution in [1.82, 2.24) is 10.2 Å². The fraction of sp³-hybridized carbons (Fsp3) is 0.533. The Hall–Kier alpha value is -1.33. The maximum Gasteiger partial charge on any atom is 0.410 e. The molecule has 2 rings (SSSR count). The third-order valence-corrected chi connectivity index (χ3v) is 3.04. The Morgan fingerprint density at radius 1 is 1.33 bits per heavy atom. The van der Waals surface area contributed by atoms with Gasteiger partial charge in [0.25, 0.3) is 0 Å². The van der Waals surface area contributed by atoms with Gasteiger partial charge in [-0.05, 0) is 38.5 Å². The number of hydrogen-bond acceptors (Lipinski definition) is 3. The van der Waals surface area contributed by atoms with Crippen molar-refractivity contribution in [3.63, 3.8) is 0 Å². The van der Waals surface area contributed by atoms with Crippen molar-refractivity contribution < 1.29 is 13.9 Å². The summed E-state index contributed by atoms with van der Waals surface area (Å²) < 4.78 is 18.0. The number of amides is 1. The van der Waals surface area contributed by atoms with E-state index in [4.69, 9.17) is 4.74 Å². The lowest BCUT2D eigenvalue weighted by atomic mass is 10.1. The van der Waals surface area contributed by atoms with Gasteiger partial charge in [0.2, 0.25) is 0 Å². The van der Waals surface area contributed by atoms with Crippen LogP contribution < -0.4 is 5.32 Å². The number of carbonyl (C=O) groups excluding carboxylic acids is 1. The Morgan fingerprint density at radius 2 is 1.90 bits per heavy atom. The number of hydrogen-bond donors (Lipinski definition) is 1. The molecule has 0 saturated carbocycles. The number of rotatable bonds is 3. The topological polar surface area (TPSA) is 41.6 Å². The summed E-state index contributed by atoms with van der Waals surface area (Å²) in [6.45, 7) is 7.54. The van der Waals surface area contributed by atoms with Crippen LogP contribution in [0.1, 0.15) is 26.3 Å². The number of nitrogens with one attached hydrogen (secondary N) is 1. The molecule has 1 aliphatic rings. The summed E-state index contributed by atoms with van der Waals surface area (Å²) in [5.41, 5.74) is 0.575. The molecule has 0 atom stereocenters. The standard InChI is InChI=1S/C15H21FN2O2.ClH/c1-15(2,3)20-14(19)18-9-13(10-18)17-8-11-4-6-12(16)7-5-11;/h4-7,13,17H,8-10H2,1-3H3;1H. The van der Waals surface area contributed by atoms with Crippen LogP contribution in [0, 0.1) is 5.82 Å². The molecule has 0 spiro atoms. The van der Waals surface area contributed by atoms with Gasteiger partial charge >= 0.3 is 6.09 Å². The second-order valence-electron chi connectivity index (χ2n) is 6.09. The number of nitrogens with zero attached hydrogens (tertiary/aromatic N) is 1. The van der Waals surface area contributed by atoms with Crippen LogP contribution in [0.4, 0.5) is 9.18 Å². The van der Waals surface area contributed by atoms with E-state index in [2.05, 4.69) is 5.32 Å². The average molecular weight is 317 g/mol. The zero-order chi connectivity index (χ0) is 14.8. The number of carbonyl (C=O) groups is 1. The first-order valence-corrected chi connectivity index (χ1v) is 6.79. The monoisotopic (exact) mass is 316 g/mol. The van der Waals surface area contributed by atoms with Crippen LogP contribution in [0.3, 0.4) is 0 Å². The zero-order valence-electron chi connectivity index (χ0n) is 12.6. The first-order chi connectivity index (χ1) is 9.33. The highest BCUT2D eigenvalue weighted by atomic mass is 35.5. The van der Waals surface area contributed by atoms with Crippen LogP contribution in [-0.4, -0.2) is 35.7 Å². The molecule has 118 valence electrons. The summed E-state index contributed by atoms with van der Waals surface area (Å²) in [5, 5.41) is 3.33. The van der Waals surface area contributed by atoms with E-state index in [9.17, 15) is 9.18 Å². The van der Waals surface area contributed by atoms with Crippen molar-refractivity contribution in [2.45, 2.75) is 39.0 Å². The zero-order valence-corrected chi connectivity index (χ0v) is 13.4. The number of benzene rings is 1. The second-order valence-corrected chi connectivity index (χ2v) is 6.09. The molecule has 1 fully saturated rings. The molecule has 1 amide bonds. The quantitative estimate of drug-likeness (QED) is 0.932. The van der Waals surface area contributed by atoms with E-state index >= 15 is 0 Å². The predicted octanol–water partition coefficient (Wildman–Crippen LogP) is 2.96. The summed E-state index contributed by atoms with van der Waals surface area (Å²) in [6.07, 6.45) is -0.266. The van der Waals surface area contributed by atoms with Gasteiger partial charge < -0.3 is 15.0 Å². The highest BCUT2D eigenvalue weighted by Crippen LogP contribution is 2.15. The molecule has 0 bridgehead atoms. The van der Waals surface area contributed by atoms with E-state index in [1.165, 1.54) is 12.1 Å². The van der Waals surface area contributed by atoms with E-state index in [-0.39, 0.29) is 30.4 Å². The number of ether oxygens (including phenoxy) is 1. The molecule has 0 aromatic heterocycles. The fourth-order valence-corrected chi connectivity index (χ4v) is 1.95. The normalized spacial score (nSPS) is 15.1. The Balaban J connectivity index is 0.00000220. The number of halogens is 2. The van der Waals surface area contributed by atoms with Gasteiger partial charge in [-0.2, -0.15) is 0 Å². The van der Waals surface area contributed by atoms with E-state index in [0.29, 0.717) is 19.6 Å². The summed E-state index contributed by atoms with van der Waals surface area (Å²) in [7, 11) is 0. The van der Waals surface area contributed by atoms with Gasteiger partial charge in [-0.3, -0.25) is 0 Å². The Morgan fingerprint density at radius 3 is 2.43 bits per heavy atom. The predicted molar refractivity (Wildman–Crippen MR) is 82.1 cm³/mol. The summed E-state index contributed by atoms with van der Waals surface area (Å²) in [5.74, 6) is -0.228. The first kappa shape index (κ1) is 17.7. The molecule has 1 saturated heterocycles. The molecule has 1 N–H and O–H groups in total. The van der Waals surface area contributed by atoms with Crippen LogP contribution in [0.2, 0.25) is 0 Å². The minimum Gasteiger partial charge on any atom is -0.444 e. The summed E-state index contributed by atoms with van der Waals surface area (Å²) >= 11 is 0. The molecular formula is C15H22ClFN2O2. The van der Waals surface area contributed by atoms with Gasteiger partial charge in [0, 0.05) is 25.7 Å². The minimum atomic E-state index is -0.455. The molecule has 0 unspecified atom stereocenters. The van der Waals surface area contributed by atoms with Gasteiger partial charge in [0.1, 0.15) is 11.4 Å². The van der Waals surface area contributed by atoms with Crippen molar-refractivity contribution in [2.24, 2.45) is 0 Å². The van der Waals surface area contributed by atoms with Crippen LogP contribution in [0.5, 0.6) is 0 Å². The molecule has 21 heavy (non-hydrogen) atoms. The van der Waals surface area contributed by atoms with Gasteiger partial charge in [-0.1, -0.05) is 12.1 Å². The third kappa shape index (κ3) is 5.52. The molecule has 1 aliphatic heterocycles. The molecule has 1 aromatic rings. The van der Waals surface area contributed by atoms with Crippen molar-refractivity contribution in [1.29, 1.82) is 0 Å². The maximum absolute atomic E-state index is 12.8. The van der Waals surface area contributed by atoms with Gasteiger partial charge in [0.15, 0.2) is 0 Å². The maximum atomic E-state index is 12.8. The lowest BCUT2D eigenvalue weighted by molar-refractivity contribution is 0.00518. The molecule has 4 nitrogen and oxygen atoms in total. The molecule has 1 heterocycles. The van der Waals surface area contributed by atoms with Gasteiger partial charge in [-0.25, -0.2) is 9.18 Å². The van der Waals surface area contributed by atoms with E-state index in [0.717, 1.165) is 5.56 Å². The average Bonchev–Trinajstić information content (AvgIpc) is 2.27. The molecule has 0 aliphatic carbocycles. The van der Waals surface area contributed by atoms with Gasteiger partial charge in [-0.15, -0.1) is 12.4 Å². The van der Waals surface area contributed by atoms with E-state index < -0.39 is 5.60 Å². The van der Waals surface area contributed by atoms with Crippen molar-refractivity contribution in [2.75, 3.05) is 13.1 Å². The van der Waals surface area contributed by atoms with Gasteiger partial charge in [0.05, 0.1) is 0 Å². The van der Waals surface area contributed by atoms with Crippen LogP contribution in [0.15, 0.2) is 24.3 Å². The Labute approximate surface area is 131 Å². The Kier molecular flexibility index (Phi) is 5.98. The first-order valence-electron chi connectivity index (χ1n) is 6.79. The molecule has 0 radical (unpaired) electrons. The highest BCUT2D eigenvalue weighted by Gasteiger charge is 2.33. The van der Waals surface area contributed by atoms with E-state index in [1.54, 1.807) is 17.0 Å². The van der Waals surface area contributed by atoms with Crippen molar-refractivity contribution in [3.8, 4) is 0 Å². The third-order valence-electron chi connectivity index (χ3n) is 3.04. The smallest absolute Gasteiger partial charge is 0.410 e. The van der Waals surface area contributed by atoms with Crippen LogP contribution >= 0.6 is 12.4 Å². The Bertz CT molecular complexity index is 468. The van der Waals surface area contributed by atoms with Crippen molar-refractivity contribution in [3.05, 3.63) is 35.6 Å². The largest absolute Gasteiger partial charge is 0.444 e. The summed E-state index contributed by atoms with van der Waals surface area (Å²) in [4.78, 5) is 13.4. The fourth-order valence-electron chi connectivity index (χ4n) is 1.95. The van der Waals surface area contributed by atoms with E-state index in [1.807, 2.05) is 20.8 Å². The highest BCUT2D eigenvalue weighted by molar-refractivity contribution is 5.85. The molecular weight excluding hydrogens is 295 g/mol. The molecule has 6 heteroatoms. The SMILES string of the molecule is CC(C)(C)OC(=O)N1CC(NCc2ccc(F)cc2)C1.Cl.